The van der Waals surface area contributed by atoms with E-state index in [4.69, 9.17) is 11.8 Å². The van der Waals surface area contributed by atoms with Crippen LogP contribution in [0.5, 0.6) is 0 Å². The van der Waals surface area contributed by atoms with Gasteiger partial charge in [0.05, 0.1) is 12.2 Å². The maximum absolute atomic E-state index is 6.32. The Kier molecular flexibility index (Phi) is 3.70. The minimum atomic E-state index is 0.714. The first kappa shape index (κ1) is 12.0. The summed E-state index contributed by atoms with van der Waals surface area (Å²) in [4.78, 5) is 0. The summed E-state index contributed by atoms with van der Waals surface area (Å²) in [7, 11) is 0. The molecule has 0 radical (unpaired) electrons. The molecular formula is C15H16ClN. The summed E-state index contributed by atoms with van der Waals surface area (Å²) >= 11 is 6.32. The zero-order chi connectivity index (χ0) is 12.3. The lowest BCUT2D eigenvalue weighted by molar-refractivity contribution is 1.04. The second-order valence-electron chi connectivity index (χ2n) is 4.35. The van der Waals surface area contributed by atoms with Crippen LogP contribution in [0.2, 0.25) is 0 Å². The first-order valence-electron chi connectivity index (χ1n) is 5.71. The summed E-state index contributed by atoms with van der Waals surface area (Å²) in [6, 6.07) is 16.6. The van der Waals surface area contributed by atoms with E-state index in [-0.39, 0.29) is 0 Å². The van der Waals surface area contributed by atoms with Gasteiger partial charge in [-0.3, -0.25) is 4.42 Å². The molecule has 2 rings (SSSR count). The molecule has 0 aliphatic rings. The number of hydrogen-bond donors (Lipinski definition) is 0. The van der Waals surface area contributed by atoms with Crippen molar-refractivity contribution in [2.24, 2.45) is 0 Å². The molecule has 2 heteroatoms. The molecule has 0 unspecified atom stereocenters. The summed E-state index contributed by atoms with van der Waals surface area (Å²) in [6.07, 6.45) is 0. The lowest BCUT2D eigenvalue weighted by atomic mass is 10.1. The highest BCUT2D eigenvalue weighted by Gasteiger charge is 2.05. The molecule has 88 valence electrons. The average Bonchev–Trinajstić information content (AvgIpc) is 2.29. The highest BCUT2D eigenvalue weighted by atomic mass is 35.5. The van der Waals surface area contributed by atoms with Crippen molar-refractivity contribution in [1.29, 1.82) is 0 Å². The molecule has 0 saturated carbocycles. The van der Waals surface area contributed by atoms with Gasteiger partial charge in [-0.25, -0.2) is 0 Å². The van der Waals surface area contributed by atoms with Crippen LogP contribution in [0.3, 0.4) is 0 Å². The van der Waals surface area contributed by atoms with E-state index in [0.717, 1.165) is 5.69 Å². The Morgan fingerprint density at radius 1 is 0.941 bits per heavy atom. The van der Waals surface area contributed by atoms with Crippen molar-refractivity contribution >= 4 is 17.5 Å². The van der Waals surface area contributed by atoms with Gasteiger partial charge in [0.1, 0.15) is 0 Å². The van der Waals surface area contributed by atoms with E-state index in [1.807, 2.05) is 18.2 Å². The lowest BCUT2D eigenvalue weighted by Crippen LogP contribution is -2.09. The molecule has 0 heterocycles. The number of rotatable bonds is 3. The van der Waals surface area contributed by atoms with Gasteiger partial charge in [0.25, 0.3) is 0 Å². The van der Waals surface area contributed by atoms with Gasteiger partial charge in [-0.1, -0.05) is 36.4 Å². The van der Waals surface area contributed by atoms with Gasteiger partial charge in [-0.2, -0.15) is 0 Å². The Bertz CT molecular complexity index is 473. The first-order chi connectivity index (χ1) is 8.15. The summed E-state index contributed by atoms with van der Waals surface area (Å²) in [5, 5.41) is 0. The third kappa shape index (κ3) is 3.24. The van der Waals surface area contributed by atoms with Gasteiger partial charge in [-0.15, -0.1) is 0 Å². The van der Waals surface area contributed by atoms with Crippen molar-refractivity contribution in [3.05, 3.63) is 65.2 Å². The summed E-state index contributed by atoms with van der Waals surface area (Å²) in [5.41, 5.74) is 4.73. The van der Waals surface area contributed by atoms with Crippen molar-refractivity contribution in [2.45, 2.75) is 20.4 Å². The standard InChI is InChI=1S/C15H16ClN/c1-12-8-13(2)10-15(9-12)17(16)11-14-6-4-3-5-7-14/h3-10H,11H2,1-2H3. The first-order valence-corrected chi connectivity index (χ1v) is 6.04. The minimum absolute atomic E-state index is 0.714. The van der Waals surface area contributed by atoms with Gasteiger partial charge in [0.15, 0.2) is 0 Å². The van der Waals surface area contributed by atoms with Crippen molar-refractivity contribution in [3.63, 3.8) is 0 Å². The second kappa shape index (κ2) is 5.24. The highest BCUT2D eigenvalue weighted by Crippen LogP contribution is 2.22. The maximum Gasteiger partial charge on any atom is 0.0599 e. The van der Waals surface area contributed by atoms with Crippen molar-refractivity contribution in [1.82, 2.24) is 0 Å². The second-order valence-corrected chi connectivity index (χ2v) is 4.76. The Hall–Kier alpha value is -1.47. The van der Waals surface area contributed by atoms with Crippen LogP contribution in [0.4, 0.5) is 5.69 Å². The van der Waals surface area contributed by atoms with Crippen LogP contribution in [-0.4, -0.2) is 0 Å². The third-order valence-corrected chi connectivity index (χ3v) is 2.97. The van der Waals surface area contributed by atoms with E-state index in [1.165, 1.54) is 16.7 Å². The fourth-order valence-corrected chi connectivity index (χ4v) is 2.16. The molecule has 0 N–H and O–H groups in total. The average molecular weight is 246 g/mol. The van der Waals surface area contributed by atoms with E-state index in [1.54, 1.807) is 4.42 Å². The van der Waals surface area contributed by atoms with E-state index >= 15 is 0 Å². The number of anilines is 1. The number of nitrogens with zero attached hydrogens (tertiary/aromatic N) is 1. The quantitative estimate of drug-likeness (QED) is 0.722. The zero-order valence-corrected chi connectivity index (χ0v) is 10.9. The molecule has 2 aromatic carbocycles. The van der Waals surface area contributed by atoms with E-state index in [9.17, 15) is 0 Å². The van der Waals surface area contributed by atoms with Crippen LogP contribution in [0.1, 0.15) is 16.7 Å². The molecule has 0 fully saturated rings. The predicted octanol–water partition coefficient (Wildman–Crippen LogP) is 4.46. The normalized spacial score (nSPS) is 10.3. The van der Waals surface area contributed by atoms with Gasteiger partial charge >= 0.3 is 0 Å². The summed E-state index contributed by atoms with van der Waals surface area (Å²) in [6.45, 7) is 4.89. The monoisotopic (exact) mass is 245 g/mol. The topological polar surface area (TPSA) is 3.24 Å². The summed E-state index contributed by atoms with van der Waals surface area (Å²) in [5.74, 6) is 0. The Morgan fingerprint density at radius 3 is 2.12 bits per heavy atom. The SMILES string of the molecule is Cc1cc(C)cc(N(Cl)Cc2ccccc2)c1. The Morgan fingerprint density at radius 2 is 1.53 bits per heavy atom. The molecule has 1 nitrogen and oxygen atoms in total. The van der Waals surface area contributed by atoms with Crippen LogP contribution < -0.4 is 4.42 Å². The number of benzene rings is 2. The molecule has 2 aromatic rings. The molecule has 0 atom stereocenters. The van der Waals surface area contributed by atoms with Crippen molar-refractivity contribution in [2.75, 3.05) is 4.42 Å². The summed E-state index contributed by atoms with van der Waals surface area (Å²) < 4.78 is 1.76. The van der Waals surface area contributed by atoms with Crippen LogP contribution in [0, 0.1) is 13.8 Å². The Balaban J connectivity index is 2.17. The highest BCUT2D eigenvalue weighted by molar-refractivity contribution is 6.25. The van der Waals surface area contributed by atoms with E-state index < -0.39 is 0 Å². The molecule has 0 aromatic heterocycles. The minimum Gasteiger partial charge on any atom is -0.281 e. The van der Waals surface area contributed by atoms with Crippen LogP contribution in [-0.2, 0) is 6.54 Å². The zero-order valence-electron chi connectivity index (χ0n) is 10.2. The van der Waals surface area contributed by atoms with Crippen LogP contribution in [0.25, 0.3) is 0 Å². The fraction of sp³-hybridized carbons (Fsp3) is 0.200. The largest absolute Gasteiger partial charge is 0.281 e. The molecule has 0 bridgehead atoms. The van der Waals surface area contributed by atoms with Crippen molar-refractivity contribution in [3.8, 4) is 0 Å². The fourth-order valence-electron chi connectivity index (χ4n) is 1.93. The van der Waals surface area contributed by atoms with Gasteiger partial charge in [0, 0.05) is 11.8 Å². The molecular weight excluding hydrogens is 230 g/mol. The van der Waals surface area contributed by atoms with Crippen LogP contribution in [0.15, 0.2) is 48.5 Å². The number of aryl methyl sites for hydroxylation is 2. The van der Waals surface area contributed by atoms with Crippen molar-refractivity contribution < 1.29 is 0 Å². The van der Waals surface area contributed by atoms with Gasteiger partial charge in [-0.05, 0) is 42.7 Å². The van der Waals surface area contributed by atoms with E-state index in [2.05, 4.69) is 44.2 Å². The molecule has 0 spiro atoms. The van der Waals surface area contributed by atoms with Crippen LogP contribution >= 0.6 is 11.8 Å². The molecule has 0 aliphatic carbocycles. The molecule has 0 saturated heterocycles. The number of hydrogen-bond acceptors (Lipinski definition) is 1. The van der Waals surface area contributed by atoms with Gasteiger partial charge < -0.3 is 0 Å². The third-order valence-electron chi connectivity index (χ3n) is 2.65. The maximum atomic E-state index is 6.32. The molecule has 17 heavy (non-hydrogen) atoms. The van der Waals surface area contributed by atoms with E-state index in [0.29, 0.717) is 6.54 Å². The Labute approximate surface area is 108 Å². The number of halogens is 1. The smallest absolute Gasteiger partial charge is 0.0599 e. The van der Waals surface area contributed by atoms with Gasteiger partial charge in [0.2, 0.25) is 0 Å². The predicted molar refractivity (Wildman–Crippen MR) is 74.4 cm³/mol. The molecule has 0 aliphatic heterocycles. The molecule has 0 amide bonds. The lowest BCUT2D eigenvalue weighted by Gasteiger charge is -2.17.